The van der Waals surface area contributed by atoms with E-state index in [0.29, 0.717) is 17.8 Å². The number of rotatable bonds is 13. The Hall–Kier alpha value is -6.58. The van der Waals surface area contributed by atoms with Crippen molar-refractivity contribution in [2.75, 3.05) is 37.4 Å². The highest BCUT2D eigenvalue weighted by atomic mass is 32.1. The van der Waals surface area contributed by atoms with Crippen molar-refractivity contribution in [3.8, 4) is 28.0 Å². The lowest BCUT2D eigenvalue weighted by atomic mass is 9.57. The van der Waals surface area contributed by atoms with Gasteiger partial charge >= 0.3 is 0 Å². The molecule has 18 heteroatoms. The lowest BCUT2D eigenvalue weighted by Gasteiger charge is -2.52. The van der Waals surface area contributed by atoms with Crippen molar-refractivity contribution in [1.82, 2.24) is 40.3 Å². The molecule has 2 aliphatic heterocycles. The number of imide groups is 2. The molecule has 4 fully saturated rings. The molecular formula is C42H41N11O6S. The van der Waals surface area contributed by atoms with Crippen LogP contribution < -0.4 is 21.3 Å². The number of hydrogen-bond donors (Lipinski definition) is 4. The van der Waals surface area contributed by atoms with Gasteiger partial charge in [0.1, 0.15) is 17.1 Å². The molecule has 0 spiro atoms. The van der Waals surface area contributed by atoms with Gasteiger partial charge in [-0.2, -0.15) is 10.4 Å². The number of piperidine rings is 1. The van der Waals surface area contributed by atoms with Gasteiger partial charge in [-0.05, 0) is 81.3 Å². The SMILES string of the molecule is CNc1cc(-c2ccc3cc(C#N)cnn23)ncc1-c1nnc(C23CCC(NC(=O)CCOCCNc4cccc5c4C(=O)N(C4CCC(=O)NC4=O)C5=O)(CC2)CC3)s1. The molecule has 1 saturated heterocycles. The standard InChI is InChI=1S/C42H41N11O6S/c1-44-29-20-30(31-6-5-25-19-24(21-43)22-47-53(25)31)46-23-27(29)37-50-51-40(60-37)41-10-13-42(14-11-41,15-12-41)49-34(55)9-17-59-18-16-45-28-4-2-3-26-35(28)39(58)52(38(26)57)32-7-8-33(54)48-36(32)56/h2-6,19-20,22-23,32,45H,7-18H2,1H3,(H,44,46)(H,49,55)(H,48,54,56). The fourth-order valence-electron chi connectivity index (χ4n) is 9.01. The van der Waals surface area contributed by atoms with Gasteiger partial charge in [0.05, 0.1) is 58.6 Å². The van der Waals surface area contributed by atoms with Crippen molar-refractivity contribution < 1.29 is 28.7 Å². The highest BCUT2D eigenvalue weighted by Gasteiger charge is 2.52. The van der Waals surface area contributed by atoms with Gasteiger partial charge in [-0.3, -0.25) is 39.2 Å². The number of carbonyl (C=O) groups excluding carboxylic acids is 5. The normalized spacial score (nSPS) is 22.1. The topological polar surface area (TPSA) is 226 Å². The van der Waals surface area contributed by atoms with Crippen LogP contribution in [0.2, 0.25) is 0 Å². The Labute approximate surface area is 347 Å². The van der Waals surface area contributed by atoms with Gasteiger partial charge in [0, 0.05) is 55.0 Å². The van der Waals surface area contributed by atoms with E-state index in [4.69, 9.17) is 14.8 Å². The van der Waals surface area contributed by atoms with E-state index in [1.807, 2.05) is 31.4 Å². The predicted molar refractivity (Wildman–Crippen MR) is 219 cm³/mol. The van der Waals surface area contributed by atoms with E-state index >= 15 is 0 Å². The maximum Gasteiger partial charge on any atom is 0.264 e. The third kappa shape index (κ3) is 6.92. The lowest BCUT2D eigenvalue weighted by molar-refractivity contribution is -0.136. The van der Waals surface area contributed by atoms with Crippen LogP contribution in [0.5, 0.6) is 0 Å². The van der Waals surface area contributed by atoms with Gasteiger partial charge in [-0.15, -0.1) is 10.2 Å². The van der Waals surface area contributed by atoms with Crippen LogP contribution in [0.1, 0.15) is 89.1 Å². The molecule has 0 radical (unpaired) electrons. The quantitative estimate of drug-likeness (QED) is 0.0966. The number of benzene rings is 1. The predicted octanol–water partition coefficient (Wildman–Crippen LogP) is 4.21. The molecule has 17 nitrogen and oxygen atoms in total. The summed E-state index contributed by atoms with van der Waals surface area (Å²) in [5, 5.41) is 36.8. The smallest absolute Gasteiger partial charge is 0.264 e. The van der Waals surface area contributed by atoms with E-state index in [1.54, 1.807) is 40.1 Å². The molecule has 1 aromatic carbocycles. The fourth-order valence-corrected chi connectivity index (χ4v) is 10.2. The Kier molecular flexibility index (Phi) is 10.1. The third-order valence-corrected chi connectivity index (χ3v) is 13.5. The van der Waals surface area contributed by atoms with Crippen molar-refractivity contribution in [3.05, 3.63) is 76.6 Å². The van der Waals surface area contributed by atoms with Crippen molar-refractivity contribution in [3.63, 3.8) is 0 Å². The van der Waals surface area contributed by atoms with E-state index in [2.05, 4.69) is 37.5 Å². The van der Waals surface area contributed by atoms with Crippen molar-refractivity contribution in [1.29, 1.82) is 5.26 Å². The van der Waals surface area contributed by atoms with Gasteiger partial charge in [-0.25, -0.2) is 4.52 Å². The maximum absolute atomic E-state index is 13.3. The third-order valence-electron chi connectivity index (χ3n) is 12.3. The number of nitrogens with zero attached hydrogens (tertiary/aromatic N) is 7. The highest BCUT2D eigenvalue weighted by Crippen LogP contribution is 2.54. The van der Waals surface area contributed by atoms with Gasteiger partial charge in [0.25, 0.3) is 11.8 Å². The first kappa shape index (κ1) is 38.9. The summed E-state index contributed by atoms with van der Waals surface area (Å²) in [5.41, 5.74) is 5.08. The molecule has 3 aliphatic carbocycles. The van der Waals surface area contributed by atoms with Crippen LogP contribution in [0.25, 0.3) is 27.5 Å². The minimum absolute atomic E-state index is 0.0496. The van der Waals surface area contributed by atoms with Gasteiger partial charge in [-0.1, -0.05) is 17.4 Å². The van der Waals surface area contributed by atoms with Gasteiger partial charge < -0.3 is 20.7 Å². The molecule has 5 aliphatic rings. The summed E-state index contributed by atoms with van der Waals surface area (Å²) in [5.74, 6) is -2.29. The second-order valence-electron chi connectivity index (χ2n) is 15.8. The Morgan fingerprint density at radius 1 is 0.983 bits per heavy atom. The van der Waals surface area contributed by atoms with Crippen LogP contribution in [0.3, 0.4) is 0 Å². The van der Waals surface area contributed by atoms with E-state index in [0.717, 1.165) is 81.6 Å². The minimum atomic E-state index is -1.04. The first-order chi connectivity index (χ1) is 29.1. The van der Waals surface area contributed by atoms with Crippen LogP contribution in [-0.2, 0) is 24.5 Å². The average Bonchev–Trinajstić information content (AvgIpc) is 4.00. The number of pyridine rings is 1. The van der Waals surface area contributed by atoms with Gasteiger partial charge in [0.2, 0.25) is 17.7 Å². The Morgan fingerprint density at radius 2 is 1.80 bits per heavy atom. The van der Waals surface area contributed by atoms with Gasteiger partial charge in [0.15, 0.2) is 5.01 Å². The molecule has 4 aromatic heterocycles. The number of anilines is 2. The first-order valence-electron chi connectivity index (χ1n) is 20.0. The van der Waals surface area contributed by atoms with Crippen molar-refractivity contribution >= 4 is 57.8 Å². The van der Waals surface area contributed by atoms with E-state index in [-0.39, 0.29) is 60.5 Å². The molecule has 4 N–H and O–H groups in total. The zero-order chi connectivity index (χ0) is 41.6. The number of amides is 5. The summed E-state index contributed by atoms with van der Waals surface area (Å²) in [6.45, 7) is 0.807. The number of fused-ring (bicyclic) bond motifs is 5. The number of carbonyl (C=O) groups is 5. The average molecular weight is 828 g/mol. The number of ether oxygens (including phenoxy) is 1. The van der Waals surface area contributed by atoms with Crippen LogP contribution in [0.4, 0.5) is 11.4 Å². The van der Waals surface area contributed by atoms with Crippen LogP contribution >= 0.6 is 11.3 Å². The summed E-state index contributed by atoms with van der Waals surface area (Å²) >= 11 is 1.60. The van der Waals surface area contributed by atoms with Crippen molar-refractivity contribution in [2.45, 2.75) is 74.8 Å². The maximum atomic E-state index is 13.3. The summed E-state index contributed by atoms with van der Waals surface area (Å²) in [6, 6.07) is 13.6. The molecule has 3 saturated carbocycles. The van der Waals surface area contributed by atoms with Crippen molar-refractivity contribution in [2.24, 2.45) is 0 Å². The number of hydrogen-bond acceptors (Lipinski definition) is 14. The molecule has 5 aromatic rings. The second kappa shape index (κ2) is 15.5. The zero-order valence-electron chi connectivity index (χ0n) is 32.7. The number of nitriles is 1. The first-order valence-corrected chi connectivity index (χ1v) is 20.8. The summed E-state index contributed by atoms with van der Waals surface area (Å²) in [6.07, 6.45) is 8.99. The summed E-state index contributed by atoms with van der Waals surface area (Å²) < 4.78 is 7.54. The molecule has 5 amide bonds. The molecular weight excluding hydrogens is 787 g/mol. The molecule has 10 rings (SSSR count). The molecule has 1 unspecified atom stereocenters. The lowest BCUT2D eigenvalue weighted by Crippen LogP contribution is -2.57. The monoisotopic (exact) mass is 827 g/mol. The zero-order valence-corrected chi connectivity index (χ0v) is 33.6. The summed E-state index contributed by atoms with van der Waals surface area (Å²) in [7, 11) is 1.87. The van der Waals surface area contributed by atoms with E-state index < -0.39 is 29.7 Å². The van der Waals surface area contributed by atoms with Crippen LogP contribution in [0.15, 0.2) is 54.9 Å². The van der Waals surface area contributed by atoms with E-state index in [9.17, 15) is 29.2 Å². The number of aromatic nitrogens is 5. The highest BCUT2D eigenvalue weighted by molar-refractivity contribution is 7.14. The Balaban J connectivity index is 0.751. The fraction of sp³-hybridized carbons (Fsp3) is 0.381. The Morgan fingerprint density at radius 3 is 2.57 bits per heavy atom. The van der Waals surface area contributed by atoms with Crippen LogP contribution in [0, 0.1) is 11.3 Å². The Bertz CT molecular complexity index is 2610. The van der Waals surface area contributed by atoms with Crippen LogP contribution in [-0.4, -0.2) is 97.6 Å². The number of nitrogens with one attached hydrogen (secondary N) is 4. The largest absolute Gasteiger partial charge is 0.387 e. The molecule has 6 heterocycles. The molecule has 2 bridgehead atoms. The van der Waals surface area contributed by atoms with E-state index in [1.165, 1.54) is 6.20 Å². The summed E-state index contributed by atoms with van der Waals surface area (Å²) in [4.78, 5) is 69.3. The minimum Gasteiger partial charge on any atom is -0.387 e. The second-order valence-corrected chi connectivity index (χ2v) is 16.7. The molecule has 60 heavy (non-hydrogen) atoms. The molecule has 1 atom stereocenters. The molecule has 306 valence electrons.